The Labute approximate surface area is 92.2 Å². The maximum atomic E-state index is 12.0. The van der Waals surface area contributed by atoms with Gasteiger partial charge >= 0.3 is 0 Å². The third-order valence-electron chi connectivity index (χ3n) is 4.07. The van der Waals surface area contributed by atoms with Gasteiger partial charge in [-0.15, -0.1) is 0 Å². The molecule has 2 rings (SSSR count). The Kier molecular flexibility index (Phi) is 3.01. The molecular weight excluding hydrogens is 188 g/mol. The number of nitrogens with one attached hydrogen (secondary N) is 1. The lowest BCUT2D eigenvalue weighted by Gasteiger charge is -2.42. The van der Waals surface area contributed by atoms with Gasteiger partial charge in [0.15, 0.2) is 0 Å². The number of carbonyl (C=O) groups is 1. The van der Waals surface area contributed by atoms with Gasteiger partial charge in [0.2, 0.25) is 5.91 Å². The molecule has 0 aromatic carbocycles. The number of hydrogen-bond donors (Lipinski definition) is 1. The highest BCUT2D eigenvalue weighted by molar-refractivity contribution is 5.82. The van der Waals surface area contributed by atoms with Gasteiger partial charge in [-0.2, -0.15) is 0 Å². The van der Waals surface area contributed by atoms with Crippen molar-refractivity contribution in [2.45, 2.75) is 45.6 Å². The fraction of sp³-hybridized carbons (Fsp3) is 0.917. The summed E-state index contributed by atoms with van der Waals surface area (Å²) in [5.41, 5.74) is 0.359. The van der Waals surface area contributed by atoms with Crippen LogP contribution in [0.15, 0.2) is 0 Å². The number of carbonyl (C=O) groups excluding carboxylic acids is 1. The van der Waals surface area contributed by atoms with E-state index >= 15 is 0 Å². The van der Waals surface area contributed by atoms with Gasteiger partial charge in [-0.25, -0.2) is 0 Å². The third kappa shape index (κ3) is 2.17. The van der Waals surface area contributed by atoms with E-state index in [1.807, 2.05) is 0 Å². The van der Waals surface area contributed by atoms with Crippen LogP contribution >= 0.6 is 0 Å². The van der Waals surface area contributed by atoms with Gasteiger partial charge in [-0.3, -0.25) is 4.79 Å². The van der Waals surface area contributed by atoms with Crippen LogP contribution in [0.5, 0.6) is 0 Å². The SMILES string of the molecule is CCC1(C)CCCN(C(=O)[C@H]2CCN2)C1. The van der Waals surface area contributed by atoms with Crippen molar-refractivity contribution in [3.63, 3.8) is 0 Å². The van der Waals surface area contributed by atoms with Crippen LogP contribution in [0.2, 0.25) is 0 Å². The topological polar surface area (TPSA) is 32.3 Å². The lowest BCUT2D eigenvalue weighted by Crippen LogP contribution is -2.57. The summed E-state index contributed by atoms with van der Waals surface area (Å²) in [4.78, 5) is 14.1. The molecule has 2 aliphatic rings. The van der Waals surface area contributed by atoms with Crippen molar-refractivity contribution in [1.82, 2.24) is 10.2 Å². The third-order valence-corrected chi connectivity index (χ3v) is 4.07. The predicted octanol–water partition coefficient (Wildman–Crippen LogP) is 1.39. The summed E-state index contributed by atoms with van der Waals surface area (Å²) in [5.74, 6) is 0.334. The summed E-state index contributed by atoms with van der Waals surface area (Å²) < 4.78 is 0. The van der Waals surface area contributed by atoms with Gasteiger partial charge < -0.3 is 10.2 Å². The Morgan fingerprint density at radius 2 is 2.33 bits per heavy atom. The number of likely N-dealkylation sites (tertiary alicyclic amines) is 1. The first-order valence-electron chi connectivity index (χ1n) is 6.17. The number of nitrogens with zero attached hydrogens (tertiary/aromatic N) is 1. The fourth-order valence-electron chi connectivity index (χ4n) is 2.51. The van der Waals surface area contributed by atoms with Crippen LogP contribution in [0, 0.1) is 5.41 Å². The van der Waals surface area contributed by atoms with Crippen LogP contribution in [0.25, 0.3) is 0 Å². The van der Waals surface area contributed by atoms with Gasteiger partial charge in [0, 0.05) is 13.1 Å². The van der Waals surface area contributed by atoms with Crippen molar-refractivity contribution in [3.8, 4) is 0 Å². The van der Waals surface area contributed by atoms with E-state index in [1.54, 1.807) is 0 Å². The predicted molar refractivity (Wildman–Crippen MR) is 60.6 cm³/mol. The van der Waals surface area contributed by atoms with E-state index in [-0.39, 0.29) is 6.04 Å². The molecule has 2 aliphatic heterocycles. The molecule has 2 heterocycles. The number of piperidine rings is 1. The van der Waals surface area contributed by atoms with Crippen LogP contribution < -0.4 is 5.32 Å². The molecule has 0 bridgehead atoms. The quantitative estimate of drug-likeness (QED) is 0.747. The van der Waals surface area contributed by atoms with Crippen molar-refractivity contribution in [2.24, 2.45) is 5.41 Å². The van der Waals surface area contributed by atoms with Crippen LogP contribution in [-0.4, -0.2) is 36.5 Å². The summed E-state index contributed by atoms with van der Waals surface area (Å²) in [6.45, 7) is 7.47. The summed E-state index contributed by atoms with van der Waals surface area (Å²) in [5, 5.41) is 3.20. The van der Waals surface area contributed by atoms with Crippen molar-refractivity contribution < 1.29 is 4.79 Å². The maximum Gasteiger partial charge on any atom is 0.239 e. The van der Waals surface area contributed by atoms with E-state index in [0.717, 1.165) is 26.1 Å². The first kappa shape index (κ1) is 10.9. The fourth-order valence-corrected chi connectivity index (χ4v) is 2.51. The molecule has 0 aliphatic carbocycles. The zero-order chi connectivity index (χ0) is 10.9. The lowest BCUT2D eigenvalue weighted by molar-refractivity contribution is -0.138. The van der Waals surface area contributed by atoms with E-state index in [1.165, 1.54) is 19.3 Å². The Morgan fingerprint density at radius 1 is 1.60 bits per heavy atom. The van der Waals surface area contributed by atoms with E-state index < -0.39 is 0 Å². The number of amides is 1. The second-order valence-corrected chi connectivity index (χ2v) is 5.32. The molecule has 2 saturated heterocycles. The Hall–Kier alpha value is -0.570. The monoisotopic (exact) mass is 210 g/mol. The summed E-state index contributed by atoms with van der Waals surface area (Å²) in [6, 6.07) is 0.129. The molecule has 3 heteroatoms. The maximum absolute atomic E-state index is 12.0. The molecule has 15 heavy (non-hydrogen) atoms. The van der Waals surface area contributed by atoms with Crippen molar-refractivity contribution >= 4 is 5.91 Å². The van der Waals surface area contributed by atoms with E-state index in [4.69, 9.17) is 0 Å². The molecule has 0 saturated carbocycles. The summed E-state index contributed by atoms with van der Waals surface area (Å²) >= 11 is 0. The molecule has 1 unspecified atom stereocenters. The van der Waals surface area contributed by atoms with Crippen LogP contribution in [0.1, 0.15) is 39.5 Å². The smallest absolute Gasteiger partial charge is 0.239 e. The van der Waals surface area contributed by atoms with Gasteiger partial charge in [0.1, 0.15) is 0 Å². The minimum atomic E-state index is 0.129. The van der Waals surface area contributed by atoms with Crippen molar-refractivity contribution in [3.05, 3.63) is 0 Å². The molecule has 2 fully saturated rings. The van der Waals surface area contributed by atoms with Crippen LogP contribution in [-0.2, 0) is 4.79 Å². The highest BCUT2D eigenvalue weighted by Gasteiger charge is 2.35. The van der Waals surface area contributed by atoms with Gasteiger partial charge in [-0.05, 0) is 37.6 Å². The summed E-state index contributed by atoms with van der Waals surface area (Å²) in [6.07, 6.45) is 4.64. The molecule has 2 atom stereocenters. The minimum Gasteiger partial charge on any atom is -0.341 e. The van der Waals surface area contributed by atoms with Gasteiger partial charge in [0.05, 0.1) is 6.04 Å². The zero-order valence-corrected chi connectivity index (χ0v) is 9.88. The normalized spacial score (nSPS) is 36.1. The molecule has 1 amide bonds. The largest absolute Gasteiger partial charge is 0.341 e. The molecule has 0 radical (unpaired) electrons. The highest BCUT2D eigenvalue weighted by atomic mass is 16.2. The Morgan fingerprint density at radius 3 is 2.87 bits per heavy atom. The molecule has 86 valence electrons. The second kappa shape index (κ2) is 4.12. The number of hydrogen-bond acceptors (Lipinski definition) is 2. The molecule has 0 aromatic rings. The van der Waals surface area contributed by atoms with Gasteiger partial charge in [-0.1, -0.05) is 13.8 Å². The first-order valence-corrected chi connectivity index (χ1v) is 6.17. The number of rotatable bonds is 2. The van der Waals surface area contributed by atoms with Crippen LogP contribution in [0.4, 0.5) is 0 Å². The van der Waals surface area contributed by atoms with Crippen molar-refractivity contribution in [1.29, 1.82) is 0 Å². The molecule has 0 spiro atoms. The van der Waals surface area contributed by atoms with Crippen LogP contribution in [0.3, 0.4) is 0 Å². The molecule has 3 nitrogen and oxygen atoms in total. The molecule has 0 aromatic heterocycles. The molecular formula is C12H22N2O. The minimum absolute atomic E-state index is 0.129. The van der Waals surface area contributed by atoms with E-state index in [2.05, 4.69) is 24.1 Å². The van der Waals surface area contributed by atoms with Crippen molar-refractivity contribution in [2.75, 3.05) is 19.6 Å². The first-order chi connectivity index (χ1) is 7.14. The zero-order valence-electron chi connectivity index (χ0n) is 9.88. The van der Waals surface area contributed by atoms with Gasteiger partial charge in [0.25, 0.3) is 0 Å². The van der Waals surface area contributed by atoms with E-state index in [0.29, 0.717) is 11.3 Å². The highest BCUT2D eigenvalue weighted by Crippen LogP contribution is 2.32. The Balaban J connectivity index is 1.94. The van der Waals surface area contributed by atoms with E-state index in [9.17, 15) is 4.79 Å². The Bertz CT molecular complexity index is 250. The second-order valence-electron chi connectivity index (χ2n) is 5.32. The average molecular weight is 210 g/mol. The summed E-state index contributed by atoms with van der Waals surface area (Å²) in [7, 11) is 0. The lowest BCUT2D eigenvalue weighted by atomic mass is 9.79. The average Bonchev–Trinajstić information content (AvgIpc) is 2.15. The standard InChI is InChI=1S/C12H22N2O/c1-3-12(2)6-4-8-14(9-12)11(15)10-5-7-13-10/h10,13H,3-9H2,1-2H3/t10-,12?/m1/s1. The molecule has 1 N–H and O–H groups in total.